The van der Waals surface area contributed by atoms with Crippen molar-refractivity contribution in [3.63, 3.8) is 0 Å². The summed E-state index contributed by atoms with van der Waals surface area (Å²) >= 11 is -0.969. The number of rotatable bonds is 4. The van der Waals surface area contributed by atoms with Gasteiger partial charge in [0.25, 0.3) is 0 Å². The van der Waals surface area contributed by atoms with Crippen LogP contribution in [0.4, 0.5) is 0 Å². The second-order valence-corrected chi connectivity index (χ2v) is 13.7. The van der Waals surface area contributed by atoms with Gasteiger partial charge >= 0.3 is 140 Å². The summed E-state index contributed by atoms with van der Waals surface area (Å²) in [4.78, 5) is 8.84. The third-order valence-corrected chi connectivity index (χ3v) is 11.8. The molecule has 2 aromatic rings. The van der Waals surface area contributed by atoms with Gasteiger partial charge in [0.2, 0.25) is 0 Å². The van der Waals surface area contributed by atoms with E-state index >= 15 is 0 Å². The Labute approximate surface area is 139 Å². The van der Waals surface area contributed by atoms with Gasteiger partial charge in [-0.25, -0.2) is 0 Å². The number of nitriles is 2. The number of hydrogen-bond donors (Lipinski definition) is 0. The van der Waals surface area contributed by atoms with E-state index in [1.807, 2.05) is 26.0 Å². The fourth-order valence-electron chi connectivity index (χ4n) is 1.49. The molecule has 0 spiro atoms. The normalized spacial score (nSPS) is 9.90. The molecule has 4 nitrogen and oxygen atoms in total. The first-order valence-electron chi connectivity index (χ1n) is 5.98. The Morgan fingerprint density at radius 2 is 1.29 bits per heavy atom. The van der Waals surface area contributed by atoms with Gasteiger partial charge in [-0.3, -0.25) is 0 Å². The summed E-state index contributed by atoms with van der Waals surface area (Å²) in [6.07, 6.45) is 0. The predicted molar refractivity (Wildman–Crippen MR) is 84.8 cm³/mol. The van der Waals surface area contributed by atoms with Crippen LogP contribution in [0.15, 0.2) is 34.3 Å². The van der Waals surface area contributed by atoms with Gasteiger partial charge in [0, 0.05) is 0 Å². The van der Waals surface area contributed by atoms with Gasteiger partial charge in [-0.2, -0.15) is 0 Å². The third kappa shape index (κ3) is 4.37. The van der Waals surface area contributed by atoms with Crippen LogP contribution >= 0.6 is 17.9 Å². The molecule has 0 aliphatic carbocycles. The Morgan fingerprint density at radius 3 is 1.67 bits per heavy atom. The Bertz CT molecular complexity index is 686. The van der Waals surface area contributed by atoms with Crippen LogP contribution in [0, 0.1) is 36.5 Å². The summed E-state index contributed by atoms with van der Waals surface area (Å²) in [5.41, 5.74) is 3.05. The van der Waals surface area contributed by atoms with E-state index < -0.39 is 18.4 Å². The molecule has 7 heteroatoms. The van der Waals surface area contributed by atoms with Gasteiger partial charge in [-0.05, 0) is 0 Å². The number of pyridine rings is 2. The number of aromatic nitrogens is 2. The molecular formula is C14H10N4S2Sn. The zero-order chi connectivity index (χ0) is 15.2. The van der Waals surface area contributed by atoms with Gasteiger partial charge in [-0.1, -0.05) is 0 Å². The van der Waals surface area contributed by atoms with E-state index in [0.29, 0.717) is 11.1 Å². The molecule has 0 fully saturated rings. The van der Waals surface area contributed by atoms with E-state index in [-0.39, 0.29) is 0 Å². The summed E-state index contributed by atoms with van der Waals surface area (Å²) in [5.74, 6) is 0. The molecular weight excluding hydrogens is 407 g/mol. The Balaban J connectivity index is 2.09. The molecule has 0 aliphatic rings. The summed E-state index contributed by atoms with van der Waals surface area (Å²) in [7, 11) is 3.31. The second-order valence-electron chi connectivity index (χ2n) is 4.12. The van der Waals surface area contributed by atoms with Gasteiger partial charge in [0.15, 0.2) is 0 Å². The third-order valence-electron chi connectivity index (χ3n) is 2.52. The van der Waals surface area contributed by atoms with Crippen LogP contribution < -0.4 is 0 Å². The molecule has 21 heavy (non-hydrogen) atoms. The van der Waals surface area contributed by atoms with Crippen molar-refractivity contribution in [2.45, 2.75) is 23.9 Å². The van der Waals surface area contributed by atoms with Crippen molar-refractivity contribution in [2.75, 3.05) is 0 Å². The quantitative estimate of drug-likeness (QED) is 0.712. The van der Waals surface area contributed by atoms with Crippen LogP contribution in [-0.2, 0) is 0 Å². The number of hydrogen-bond acceptors (Lipinski definition) is 6. The first kappa shape index (κ1) is 16.2. The second kappa shape index (κ2) is 7.69. The summed E-state index contributed by atoms with van der Waals surface area (Å²) < 4.78 is 0. The van der Waals surface area contributed by atoms with E-state index in [4.69, 9.17) is 10.5 Å². The minimum absolute atomic E-state index is 0.616. The van der Waals surface area contributed by atoms with Crippen molar-refractivity contribution in [2.24, 2.45) is 0 Å². The van der Waals surface area contributed by atoms with Crippen LogP contribution in [0.3, 0.4) is 0 Å². The molecule has 0 saturated heterocycles. The Hall–Kier alpha value is -1.22. The fourth-order valence-corrected chi connectivity index (χ4v) is 10.9. The van der Waals surface area contributed by atoms with Gasteiger partial charge in [-0.15, -0.1) is 0 Å². The van der Waals surface area contributed by atoms with Crippen molar-refractivity contribution >= 4 is 36.3 Å². The van der Waals surface area contributed by atoms with Gasteiger partial charge in [0.05, 0.1) is 0 Å². The topological polar surface area (TPSA) is 73.4 Å². The number of aryl methyl sites for hydroxylation is 2. The molecule has 102 valence electrons. The Kier molecular flexibility index (Phi) is 5.92. The van der Waals surface area contributed by atoms with Crippen LogP contribution in [0.1, 0.15) is 22.5 Å². The molecule has 0 amide bonds. The van der Waals surface area contributed by atoms with E-state index in [9.17, 15) is 0 Å². The first-order chi connectivity index (χ1) is 10.1. The van der Waals surface area contributed by atoms with E-state index in [1.54, 1.807) is 30.0 Å². The molecule has 0 atom stereocenters. The maximum atomic E-state index is 9.10. The zero-order valence-electron chi connectivity index (χ0n) is 11.4. The SMILES string of the molecule is Cc1ccc(C#N)c([S][Sn][S]c2nc(C)ccc2C#N)n1. The van der Waals surface area contributed by atoms with Gasteiger partial charge in [0.1, 0.15) is 0 Å². The maximum absolute atomic E-state index is 9.10. The molecule has 0 unspecified atom stereocenters. The molecule has 0 bridgehead atoms. The van der Waals surface area contributed by atoms with E-state index in [2.05, 4.69) is 22.1 Å². The van der Waals surface area contributed by atoms with Crippen molar-refractivity contribution in [1.29, 1.82) is 10.5 Å². The molecule has 0 aromatic carbocycles. The predicted octanol–water partition coefficient (Wildman–Crippen LogP) is 3.26. The van der Waals surface area contributed by atoms with Crippen LogP contribution in [-0.4, -0.2) is 28.3 Å². The average molecular weight is 417 g/mol. The number of nitrogens with zero attached hydrogens (tertiary/aromatic N) is 4. The van der Waals surface area contributed by atoms with Gasteiger partial charge < -0.3 is 0 Å². The Morgan fingerprint density at radius 1 is 0.857 bits per heavy atom. The van der Waals surface area contributed by atoms with Crippen molar-refractivity contribution in [3.8, 4) is 12.1 Å². The molecule has 0 N–H and O–H groups in total. The summed E-state index contributed by atoms with van der Waals surface area (Å²) in [6, 6.07) is 11.6. The summed E-state index contributed by atoms with van der Waals surface area (Å²) in [6.45, 7) is 3.83. The van der Waals surface area contributed by atoms with Crippen LogP contribution in [0.5, 0.6) is 0 Å². The fraction of sp³-hybridized carbons (Fsp3) is 0.143. The molecule has 0 aliphatic heterocycles. The molecule has 2 radical (unpaired) electrons. The van der Waals surface area contributed by atoms with Crippen molar-refractivity contribution < 1.29 is 0 Å². The van der Waals surface area contributed by atoms with Crippen molar-refractivity contribution in [1.82, 2.24) is 9.97 Å². The zero-order valence-corrected chi connectivity index (χ0v) is 15.9. The van der Waals surface area contributed by atoms with Crippen molar-refractivity contribution in [3.05, 3.63) is 46.8 Å². The first-order valence-corrected chi connectivity index (χ1v) is 14.6. The molecule has 2 heterocycles. The molecule has 0 saturated carbocycles. The standard InChI is InChI=1S/2C7H6N2S.Sn/c2*1-5-2-3-6(4-8)7(10)9-5;/h2*2-3H,1H3,(H,9,10);/q;;+2/p-2. The summed E-state index contributed by atoms with van der Waals surface area (Å²) in [5, 5.41) is 19.8. The van der Waals surface area contributed by atoms with Crippen LogP contribution in [0.25, 0.3) is 0 Å². The average Bonchev–Trinajstić information content (AvgIpc) is 2.48. The van der Waals surface area contributed by atoms with Crippen LogP contribution in [0.2, 0.25) is 0 Å². The monoisotopic (exact) mass is 418 g/mol. The van der Waals surface area contributed by atoms with E-state index in [1.165, 1.54) is 0 Å². The molecule has 2 rings (SSSR count). The minimum atomic E-state index is -0.969. The van der Waals surface area contributed by atoms with E-state index in [0.717, 1.165) is 21.4 Å². The molecule has 2 aromatic heterocycles.